The Morgan fingerprint density at radius 1 is 1.30 bits per heavy atom. The Bertz CT molecular complexity index is 467. The second-order valence-electron chi connectivity index (χ2n) is 6.00. The number of benzene rings is 1. The van der Waals surface area contributed by atoms with E-state index < -0.39 is 0 Å². The van der Waals surface area contributed by atoms with E-state index in [1.807, 2.05) is 6.07 Å². The van der Waals surface area contributed by atoms with Gasteiger partial charge in [0.05, 0.1) is 0 Å². The molecule has 4 nitrogen and oxygen atoms in total. The Labute approximate surface area is 120 Å². The molecule has 1 spiro atoms. The lowest BCUT2D eigenvalue weighted by Gasteiger charge is -2.47. The molecule has 108 valence electrons. The first-order valence-electron chi connectivity index (χ1n) is 7.41. The van der Waals surface area contributed by atoms with Crippen molar-refractivity contribution in [1.82, 2.24) is 10.2 Å². The van der Waals surface area contributed by atoms with Crippen LogP contribution in [-0.2, 0) is 11.3 Å². The fraction of sp³-hybridized carbons (Fsp3) is 0.562. The lowest BCUT2D eigenvalue weighted by Crippen LogP contribution is -2.58. The predicted octanol–water partition coefficient (Wildman–Crippen LogP) is 2.40. The highest BCUT2D eigenvalue weighted by Crippen LogP contribution is 2.36. The van der Waals surface area contributed by atoms with Crippen LogP contribution in [0.25, 0.3) is 0 Å². The number of alkyl carbamates (subject to hydrolysis) is 1. The molecule has 2 aliphatic rings. The van der Waals surface area contributed by atoms with Gasteiger partial charge in [0.2, 0.25) is 0 Å². The number of carbonyl (C=O) groups excluding carboxylic acids is 1. The van der Waals surface area contributed by atoms with E-state index in [-0.39, 0.29) is 11.7 Å². The molecule has 0 aromatic heterocycles. The fourth-order valence-corrected chi connectivity index (χ4v) is 3.27. The van der Waals surface area contributed by atoms with Crippen molar-refractivity contribution in [3.05, 3.63) is 35.9 Å². The summed E-state index contributed by atoms with van der Waals surface area (Å²) < 4.78 is 5.65. The van der Waals surface area contributed by atoms with Gasteiger partial charge in [-0.2, -0.15) is 0 Å². The van der Waals surface area contributed by atoms with E-state index >= 15 is 0 Å². The zero-order valence-corrected chi connectivity index (χ0v) is 12.0. The van der Waals surface area contributed by atoms with Gasteiger partial charge in [-0.1, -0.05) is 37.3 Å². The van der Waals surface area contributed by atoms with Crippen LogP contribution in [0.2, 0.25) is 0 Å². The van der Waals surface area contributed by atoms with Crippen molar-refractivity contribution in [3.8, 4) is 0 Å². The van der Waals surface area contributed by atoms with Crippen molar-refractivity contribution >= 4 is 6.09 Å². The second kappa shape index (κ2) is 5.44. The van der Waals surface area contributed by atoms with Crippen LogP contribution in [0, 0.1) is 5.92 Å². The van der Waals surface area contributed by atoms with Crippen molar-refractivity contribution in [2.45, 2.75) is 31.9 Å². The summed E-state index contributed by atoms with van der Waals surface area (Å²) in [7, 11) is 0. The minimum absolute atomic E-state index is 0.241. The van der Waals surface area contributed by atoms with E-state index in [0.717, 1.165) is 39.0 Å². The molecule has 3 rings (SSSR count). The van der Waals surface area contributed by atoms with E-state index in [4.69, 9.17) is 4.74 Å². The fourth-order valence-electron chi connectivity index (χ4n) is 3.27. The third kappa shape index (κ3) is 2.66. The molecule has 1 unspecified atom stereocenters. The Morgan fingerprint density at radius 3 is 2.70 bits per heavy atom. The minimum Gasteiger partial charge on any atom is -0.442 e. The Hall–Kier alpha value is -1.55. The summed E-state index contributed by atoms with van der Waals surface area (Å²) in [6.45, 7) is 5.88. The summed E-state index contributed by atoms with van der Waals surface area (Å²) in [6.07, 6.45) is 1.63. The number of rotatable bonds is 2. The Balaban J connectivity index is 1.60. The first kappa shape index (κ1) is 13.4. The molecular weight excluding hydrogens is 252 g/mol. The van der Waals surface area contributed by atoms with Crippen LogP contribution in [0.5, 0.6) is 0 Å². The predicted molar refractivity (Wildman–Crippen MR) is 77.3 cm³/mol. The molecular formula is C16H22N2O2. The number of nitrogens with one attached hydrogen (secondary N) is 1. The maximum atomic E-state index is 11.5. The maximum absolute atomic E-state index is 11.5. The second-order valence-corrected chi connectivity index (χ2v) is 6.00. The number of ether oxygens (including phenoxy) is 1. The number of piperidine rings is 1. The van der Waals surface area contributed by atoms with Crippen molar-refractivity contribution < 1.29 is 9.53 Å². The summed E-state index contributed by atoms with van der Waals surface area (Å²) >= 11 is 0. The van der Waals surface area contributed by atoms with Gasteiger partial charge in [-0.15, -0.1) is 0 Å². The first-order valence-corrected chi connectivity index (χ1v) is 7.41. The normalized spacial score (nSPS) is 26.1. The molecule has 0 saturated carbocycles. The summed E-state index contributed by atoms with van der Waals surface area (Å²) in [5, 5.41) is 2.78. The number of amides is 1. The summed E-state index contributed by atoms with van der Waals surface area (Å²) in [5.74, 6) is 0.388. The van der Waals surface area contributed by atoms with Crippen LogP contribution in [0.3, 0.4) is 0 Å². The molecule has 2 fully saturated rings. The number of hydrogen-bond donors (Lipinski definition) is 1. The molecule has 1 aromatic carbocycles. The van der Waals surface area contributed by atoms with Crippen molar-refractivity contribution in [2.24, 2.45) is 5.92 Å². The topological polar surface area (TPSA) is 41.6 Å². The van der Waals surface area contributed by atoms with Crippen LogP contribution in [0.15, 0.2) is 30.3 Å². The van der Waals surface area contributed by atoms with Gasteiger partial charge < -0.3 is 10.1 Å². The average molecular weight is 274 g/mol. The standard InChI is InChI=1S/C16H22N2O2/c1-13-11-17-15(19)20-16(13)7-9-18(10-8-16)12-14-5-3-2-4-6-14/h2-6,13H,7-12H2,1H3,(H,17,19). The molecule has 2 aliphatic heterocycles. The third-order valence-electron chi connectivity index (χ3n) is 4.70. The van der Waals surface area contributed by atoms with Crippen molar-refractivity contribution in [2.75, 3.05) is 19.6 Å². The van der Waals surface area contributed by atoms with Crippen LogP contribution in [-0.4, -0.2) is 36.2 Å². The Kier molecular flexibility index (Phi) is 3.66. The maximum Gasteiger partial charge on any atom is 0.407 e. The summed E-state index contributed by atoms with van der Waals surface area (Å²) in [5.41, 5.74) is 1.11. The van der Waals surface area contributed by atoms with E-state index in [1.165, 1.54) is 5.56 Å². The van der Waals surface area contributed by atoms with E-state index in [0.29, 0.717) is 5.92 Å². The van der Waals surface area contributed by atoms with Gasteiger partial charge >= 0.3 is 6.09 Å². The number of nitrogens with zero attached hydrogens (tertiary/aromatic N) is 1. The van der Waals surface area contributed by atoms with Crippen LogP contribution < -0.4 is 5.32 Å². The molecule has 1 aromatic rings. The van der Waals surface area contributed by atoms with Crippen LogP contribution in [0.1, 0.15) is 25.3 Å². The molecule has 2 heterocycles. The van der Waals surface area contributed by atoms with Crippen LogP contribution >= 0.6 is 0 Å². The highest BCUT2D eigenvalue weighted by molar-refractivity contribution is 5.68. The van der Waals surface area contributed by atoms with Crippen molar-refractivity contribution in [3.63, 3.8) is 0 Å². The lowest BCUT2D eigenvalue weighted by atomic mass is 9.79. The van der Waals surface area contributed by atoms with E-state index in [2.05, 4.69) is 41.4 Å². The smallest absolute Gasteiger partial charge is 0.407 e. The molecule has 0 bridgehead atoms. The third-order valence-corrected chi connectivity index (χ3v) is 4.70. The minimum atomic E-state index is -0.250. The van der Waals surface area contributed by atoms with E-state index in [9.17, 15) is 4.79 Å². The molecule has 2 saturated heterocycles. The molecule has 0 aliphatic carbocycles. The number of hydrogen-bond acceptors (Lipinski definition) is 3. The number of likely N-dealkylation sites (tertiary alicyclic amines) is 1. The highest BCUT2D eigenvalue weighted by atomic mass is 16.6. The number of carbonyl (C=O) groups is 1. The molecule has 1 N–H and O–H groups in total. The zero-order valence-electron chi connectivity index (χ0n) is 12.0. The SMILES string of the molecule is CC1CNC(=O)OC12CCN(Cc1ccccc1)CC2. The van der Waals surface area contributed by atoms with Gasteiger partial charge in [0.25, 0.3) is 0 Å². The molecule has 1 amide bonds. The monoisotopic (exact) mass is 274 g/mol. The molecule has 0 radical (unpaired) electrons. The summed E-state index contributed by atoms with van der Waals surface area (Å²) in [6, 6.07) is 10.5. The van der Waals surface area contributed by atoms with Crippen LogP contribution in [0.4, 0.5) is 4.79 Å². The van der Waals surface area contributed by atoms with E-state index in [1.54, 1.807) is 0 Å². The summed E-state index contributed by atoms with van der Waals surface area (Å²) in [4.78, 5) is 14.0. The van der Waals surface area contributed by atoms with Gasteiger partial charge in [-0.05, 0) is 5.56 Å². The van der Waals surface area contributed by atoms with Crippen molar-refractivity contribution in [1.29, 1.82) is 0 Å². The first-order chi connectivity index (χ1) is 9.68. The molecule has 4 heteroatoms. The Morgan fingerprint density at radius 2 is 2.00 bits per heavy atom. The largest absolute Gasteiger partial charge is 0.442 e. The van der Waals surface area contributed by atoms with Gasteiger partial charge in [-0.3, -0.25) is 4.90 Å². The zero-order chi connectivity index (χ0) is 14.0. The lowest BCUT2D eigenvalue weighted by molar-refractivity contribution is -0.0873. The molecule has 20 heavy (non-hydrogen) atoms. The van der Waals surface area contributed by atoms with Gasteiger partial charge in [-0.25, -0.2) is 4.79 Å². The molecule has 1 atom stereocenters. The average Bonchev–Trinajstić information content (AvgIpc) is 2.47. The van der Waals surface area contributed by atoms with Gasteiger partial charge in [0.15, 0.2) is 0 Å². The van der Waals surface area contributed by atoms with Gasteiger partial charge in [0.1, 0.15) is 5.60 Å². The highest BCUT2D eigenvalue weighted by Gasteiger charge is 2.45. The quantitative estimate of drug-likeness (QED) is 0.900. The van der Waals surface area contributed by atoms with Gasteiger partial charge in [0, 0.05) is 44.9 Å².